The molecule has 126 valence electrons. The van der Waals surface area contributed by atoms with Crippen molar-refractivity contribution in [3.63, 3.8) is 0 Å². The van der Waals surface area contributed by atoms with Crippen LogP contribution in [0.5, 0.6) is 5.75 Å². The van der Waals surface area contributed by atoms with Crippen molar-refractivity contribution in [2.24, 2.45) is 0 Å². The van der Waals surface area contributed by atoms with Crippen LogP contribution in [0.1, 0.15) is 26.3 Å². The van der Waals surface area contributed by atoms with Crippen molar-refractivity contribution < 1.29 is 19.1 Å². The van der Waals surface area contributed by atoms with Crippen molar-refractivity contribution in [1.82, 2.24) is 5.32 Å². The minimum absolute atomic E-state index is 0.307. The highest BCUT2D eigenvalue weighted by atomic mass is 16.5. The molecule has 2 aromatic rings. The second-order valence-electron chi connectivity index (χ2n) is 5.03. The van der Waals surface area contributed by atoms with Crippen LogP contribution in [0.15, 0.2) is 42.5 Å². The number of hydrogen-bond donors (Lipinski definition) is 2. The summed E-state index contributed by atoms with van der Waals surface area (Å²) in [7, 11) is 4.62. The molecule has 0 bridgehead atoms. The molecule has 0 atom stereocenters. The molecule has 0 spiro atoms. The van der Waals surface area contributed by atoms with Gasteiger partial charge in [-0.05, 0) is 29.8 Å². The predicted molar refractivity (Wildman–Crippen MR) is 91.5 cm³/mol. The largest absolute Gasteiger partial charge is 0.497 e. The highest BCUT2D eigenvalue weighted by molar-refractivity contribution is 6.09. The molecule has 0 aliphatic heterocycles. The third-order valence-electron chi connectivity index (χ3n) is 3.51. The number of rotatable bonds is 6. The molecule has 24 heavy (non-hydrogen) atoms. The van der Waals surface area contributed by atoms with Gasteiger partial charge >= 0.3 is 0 Å². The minimum atomic E-state index is -0.311. The van der Waals surface area contributed by atoms with Gasteiger partial charge in [0.1, 0.15) is 5.75 Å². The molecule has 0 aliphatic rings. The average molecular weight is 328 g/mol. The Labute approximate surface area is 140 Å². The fraction of sp³-hybridized carbons (Fsp3) is 0.222. The van der Waals surface area contributed by atoms with Crippen LogP contribution in [0.4, 0.5) is 5.69 Å². The number of carbonyl (C=O) groups excluding carboxylic acids is 2. The maximum atomic E-state index is 12.6. The number of hydrogen-bond acceptors (Lipinski definition) is 4. The lowest BCUT2D eigenvalue weighted by molar-refractivity contribution is 0.0963. The summed E-state index contributed by atoms with van der Waals surface area (Å²) in [4.78, 5) is 24.6. The number of methoxy groups -OCH3 is 2. The third-order valence-corrected chi connectivity index (χ3v) is 3.51. The molecule has 0 unspecified atom stereocenters. The monoisotopic (exact) mass is 328 g/mol. The van der Waals surface area contributed by atoms with Crippen molar-refractivity contribution in [1.29, 1.82) is 0 Å². The standard InChI is InChI=1S/C18H20N2O4/c1-19-17(21)15-10-13(24-3)8-9-16(15)20-18(22)14-7-5-4-6-12(14)11-23-2/h4-10H,11H2,1-3H3,(H,19,21)(H,20,22). The summed E-state index contributed by atoms with van der Waals surface area (Å²) >= 11 is 0. The van der Waals surface area contributed by atoms with Gasteiger partial charge in [0.15, 0.2) is 0 Å². The molecule has 2 N–H and O–H groups in total. The van der Waals surface area contributed by atoms with E-state index in [1.54, 1.807) is 37.4 Å². The normalized spacial score (nSPS) is 10.1. The zero-order valence-corrected chi connectivity index (χ0v) is 13.9. The van der Waals surface area contributed by atoms with Gasteiger partial charge in [-0.25, -0.2) is 0 Å². The second-order valence-corrected chi connectivity index (χ2v) is 5.03. The van der Waals surface area contributed by atoms with Crippen LogP contribution >= 0.6 is 0 Å². The third kappa shape index (κ3) is 3.91. The van der Waals surface area contributed by atoms with Crippen molar-refractivity contribution in [3.8, 4) is 5.75 Å². The highest BCUT2D eigenvalue weighted by Crippen LogP contribution is 2.23. The Balaban J connectivity index is 2.34. The van der Waals surface area contributed by atoms with E-state index >= 15 is 0 Å². The van der Waals surface area contributed by atoms with Crippen LogP contribution in [0.25, 0.3) is 0 Å². The lowest BCUT2D eigenvalue weighted by Gasteiger charge is -2.13. The minimum Gasteiger partial charge on any atom is -0.497 e. The summed E-state index contributed by atoms with van der Waals surface area (Å²) in [6.45, 7) is 0.328. The topological polar surface area (TPSA) is 76.7 Å². The van der Waals surface area contributed by atoms with Crippen molar-refractivity contribution in [3.05, 3.63) is 59.2 Å². The predicted octanol–water partition coefficient (Wildman–Crippen LogP) is 2.45. The molecule has 6 nitrogen and oxygen atoms in total. The van der Waals surface area contributed by atoms with Gasteiger partial charge in [-0.3, -0.25) is 9.59 Å². The summed E-state index contributed by atoms with van der Waals surface area (Å²) < 4.78 is 10.3. The molecular weight excluding hydrogens is 308 g/mol. The van der Waals surface area contributed by atoms with Crippen LogP contribution < -0.4 is 15.4 Å². The molecule has 2 aromatic carbocycles. The average Bonchev–Trinajstić information content (AvgIpc) is 2.62. The summed E-state index contributed by atoms with van der Waals surface area (Å²) in [6, 6.07) is 12.1. The van der Waals surface area contributed by atoms with Gasteiger partial charge < -0.3 is 20.1 Å². The summed E-state index contributed by atoms with van der Waals surface area (Å²) in [5.74, 6) is -0.0845. The second kappa shape index (κ2) is 8.12. The van der Waals surface area contributed by atoms with E-state index < -0.39 is 0 Å². The molecule has 0 radical (unpaired) electrons. The molecule has 0 saturated heterocycles. The van der Waals surface area contributed by atoms with E-state index in [0.29, 0.717) is 29.2 Å². The number of amides is 2. The zero-order valence-electron chi connectivity index (χ0n) is 13.9. The molecule has 6 heteroatoms. The van der Waals surface area contributed by atoms with E-state index in [9.17, 15) is 9.59 Å². The maximum Gasteiger partial charge on any atom is 0.256 e. The maximum absolute atomic E-state index is 12.6. The number of nitrogens with one attached hydrogen (secondary N) is 2. The molecule has 0 saturated carbocycles. The number of benzene rings is 2. The fourth-order valence-electron chi connectivity index (χ4n) is 2.29. The SMILES string of the molecule is CNC(=O)c1cc(OC)ccc1NC(=O)c1ccccc1COC. The lowest BCUT2D eigenvalue weighted by Crippen LogP contribution is -2.22. The fourth-order valence-corrected chi connectivity index (χ4v) is 2.29. The van der Waals surface area contributed by atoms with E-state index in [2.05, 4.69) is 10.6 Å². The van der Waals surface area contributed by atoms with Crippen LogP contribution in [0.2, 0.25) is 0 Å². The van der Waals surface area contributed by atoms with Gasteiger partial charge in [0.25, 0.3) is 11.8 Å². The Hall–Kier alpha value is -2.86. The first-order chi connectivity index (χ1) is 11.6. The Kier molecular flexibility index (Phi) is 5.92. The van der Waals surface area contributed by atoms with E-state index in [0.717, 1.165) is 5.56 Å². The Bertz CT molecular complexity index is 744. The number of carbonyl (C=O) groups is 2. The molecular formula is C18H20N2O4. The highest BCUT2D eigenvalue weighted by Gasteiger charge is 2.16. The van der Waals surface area contributed by atoms with Gasteiger partial charge in [0, 0.05) is 19.7 Å². The van der Waals surface area contributed by atoms with E-state index in [-0.39, 0.29) is 11.8 Å². The Morgan fingerprint density at radius 3 is 2.42 bits per heavy atom. The van der Waals surface area contributed by atoms with Gasteiger partial charge in [0.05, 0.1) is 25.0 Å². The van der Waals surface area contributed by atoms with E-state index in [1.807, 2.05) is 12.1 Å². The Morgan fingerprint density at radius 1 is 1.00 bits per heavy atom. The van der Waals surface area contributed by atoms with Crippen LogP contribution in [0.3, 0.4) is 0 Å². The summed E-state index contributed by atoms with van der Waals surface area (Å²) in [5, 5.41) is 5.33. The summed E-state index contributed by atoms with van der Waals surface area (Å²) in [6.07, 6.45) is 0. The van der Waals surface area contributed by atoms with Crippen molar-refractivity contribution >= 4 is 17.5 Å². The van der Waals surface area contributed by atoms with Crippen LogP contribution in [0, 0.1) is 0 Å². The first-order valence-corrected chi connectivity index (χ1v) is 7.39. The van der Waals surface area contributed by atoms with E-state index in [4.69, 9.17) is 9.47 Å². The lowest BCUT2D eigenvalue weighted by atomic mass is 10.1. The molecule has 2 amide bonds. The molecule has 0 fully saturated rings. The molecule has 0 heterocycles. The van der Waals surface area contributed by atoms with Crippen molar-refractivity contribution in [2.45, 2.75) is 6.61 Å². The molecule has 0 aliphatic carbocycles. The first kappa shape index (κ1) is 17.5. The first-order valence-electron chi connectivity index (χ1n) is 7.39. The van der Waals surface area contributed by atoms with Gasteiger partial charge in [0.2, 0.25) is 0 Å². The van der Waals surface area contributed by atoms with Crippen LogP contribution in [-0.2, 0) is 11.3 Å². The van der Waals surface area contributed by atoms with Gasteiger partial charge in [-0.2, -0.15) is 0 Å². The van der Waals surface area contributed by atoms with E-state index in [1.165, 1.54) is 14.2 Å². The van der Waals surface area contributed by atoms with Gasteiger partial charge in [-0.1, -0.05) is 18.2 Å². The quantitative estimate of drug-likeness (QED) is 0.854. The van der Waals surface area contributed by atoms with Gasteiger partial charge in [-0.15, -0.1) is 0 Å². The Morgan fingerprint density at radius 2 is 1.75 bits per heavy atom. The van der Waals surface area contributed by atoms with Crippen molar-refractivity contribution in [2.75, 3.05) is 26.6 Å². The number of anilines is 1. The smallest absolute Gasteiger partial charge is 0.256 e. The molecule has 2 rings (SSSR count). The summed E-state index contributed by atoms with van der Waals surface area (Å²) in [5.41, 5.74) is 2.01. The zero-order chi connectivity index (χ0) is 17.5. The molecule has 0 aromatic heterocycles. The van der Waals surface area contributed by atoms with Crippen LogP contribution in [-0.4, -0.2) is 33.1 Å². The number of ether oxygens (including phenoxy) is 2.